The Kier molecular flexibility index (Phi) is 5.33. The Morgan fingerprint density at radius 1 is 1.50 bits per heavy atom. The fourth-order valence-electron chi connectivity index (χ4n) is 1.11. The highest BCUT2D eigenvalue weighted by Gasteiger charge is 2.10. The molecule has 0 radical (unpaired) electrons. The summed E-state index contributed by atoms with van der Waals surface area (Å²) in [6.45, 7) is 5.43. The van der Waals surface area contributed by atoms with E-state index in [1.165, 1.54) is 11.3 Å². The van der Waals surface area contributed by atoms with Crippen LogP contribution in [0.15, 0.2) is 6.20 Å². The van der Waals surface area contributed by atoms with Crippen molar-refractivity contribution in [3.63, 3.8) is 0 Å². The van der Waals surface area contributed by atoms with E-state index in [1.54, 1.807) is 6.20 Å². The van der Waals surface area contributed by atoms with Crippen LogP contribution in [0.4, 0.5) is 0 Å². The predicted molar refractivity (Wildman–Crippen MR) is 66.0 cm³/mol. The minimum Gasteiger partial charge on any atom is -0.316 e. The molecule has 1 aromatic rings. The summed E-state index contributed by atoms with van der Waals surface area (Å²) in [4.78, 5) is 5.18. The van der Waals surface area contributed by atoms with Gasteiger partial charge in [-0.3, -0.25) is 0 Å². The first-order valence-electron chi connectivity index (χ1n) is 5.13. The number of aryl methyl sites for hydroxylation is 1. The summed E-state index contributed by atoms with van der Waals surface area (Å²) in [5.74, 6) is 0.102. The second-order valence-electron chi connectivity index (χ2n) is 3.36. The molecule has 2 N–H and O–H groups in total. The van der Waals surface area contributed by atoms with E-state index >= 15 is 0 Å². The molecule has 0 aliphatic rings. The molecule has 0 aliphatic carbocycles. The molecule has 0 saturated heterocycles. The van der Waals surface area contributed by atoms with Crippen LogP contribution < -0.4 is 10.0 Å². The third-order valence-electron chi connectivity index (χ3n) is 1.91. The maximum atomic E-state index is 11.5. The summed E-state index contributed by atoms with van der Waals surface area (Å²) in [6.07, 6.45) is 1.74. The largest absolute Gasteiger partial charge is 0.316 e. The number of hydrogen-bond donors (Lipinski definition) is 2. The van der Waals surface area contributed by atoms with Crippen molar-refractivity contribution in [1.29, 1.82) is 0 Å². The van der Waals surface area contributed by atoms with Crippen LogP contribution in [0.1, 0.15) is 16.8 Å². The van der Waals surface area contributed by atoms with Crippen molar-refractivity contribution in [2.45, 2.75) is 20.4 Å². The summed E-state index contributed by atoms with van der Waals surface area (Å²) < 4.78 is 25.6. The lowest BCUT2D eigenvalue weighted by Gasteiger charge is -2.05. The van der Waals surface area contributed by atoms with Gasteiger partial charge in [0.1, 0.15) is 5.01 Å². The summed E-state index contributed by atoms with van der Waals surface area (Å²) in [5, 5.41) is 3.77. The Bertz CT molecular complexity index is 414. The smallest absolute Gasteiger partial charge is 0.213 e. The van der Waals surface area contributed by atoms with Crippen molar-refractivity contribution in [3.05, 3.63) is 16.1 Å². The number of nitrogens with zero attached hydrogens (tertiary/aromatic N) is 1. The molecular weight excluding hydrogens is 246 g/mol. The quantitative estimate of drug-likeness (QED) is 0.702. The van der Waals surface area contributed by atoms with Crippen molar-refractivity contribution >= 4 is 21.4 Å². The number of thiazole rings is 1. The molecule has 0 bridgehead atoms. The first kappa shape index (κ1) is 13.6. The van der Waals surface area contributed by atoms with E-state index in [-0.39, 0.29) is 12.3 Å². The lowest BCUT2D eigenvalue weighted by molar-refractivity contribution is 0.577. The molecule has 1 rings (SSSR count). The summed E-state index contributed by atoms with van der Waals surface area (Å²) in [7, 11) is -3.19. The molecule has 0 amide bonds. The van der Waals surface area contributed by atoms with Gasteiger partial charge in [0.15, 0.2) is 0 Å². The third-order valence-corrected chi connectivity index (χ3v) is 4.15. The van der Waals surface area contributed by atoms with Crippen LogP contribution in [0, 0.1) is 6.92 Å². The summed E-state index contributed by atoms with van der Waals surface area (Å²) in [5.41, 5.74) is 0. The molecule has 16 heavy (non-hydrogen) atoms. The molecule has 92 valence electrons. The second-order valence-corrected chi connectivity index (χ2v) is 6.60. The van der Waals surface area contributed by atoms with E-state index in [0.29, 0.717) is 6.54 Å². The number of rotatable bonds is 7. The minimum absolute atomic E-state index is 0.102. The molecule has 7 heteroatoms. The van der Waals surface area contributed by atoms with Crippen LogP contribution in [-0.2, 0) is 16.6 Å². The maximum Gasteiger partial charge on any atom is 0.213 e. The van der Waals surface area contributed by atoms with Gasteiger partial charge in [0, 0.05) is 17.6 Å². The monoisotopic (exact) mass is 263 g/mol. The number of aromatic nitrogens is 1. The van der Waals surface area contributed by atoms with E-state index in [4.69, 9.17) is 0 Å². The molecule has 0 fully saturated rings. The van der Waals surface area contributed by atoms with E-state index in [2.05, 4.69) is 15.0 Å². The average molecular weight is 263 g/mol. The Labute approximate surface area is 100 Å². The van der Waals surface area contributed by atoms with Gasteiger partial charge in [-0.2, -0.15) is 0 Å². The second kappa shape index (κ2) is 6.29. The van der Waals surface area contributed by atoms with Crippen molar-refractivity contribution < 1.29 is 8.42 Å². The third kappa shape index (κ3) is 5.02. The van der Waals surface area contributed by atoms with Gasteiger partial charge in [-0.1, -0.05) is 6.92 Å². The molecule has 0 unspecified atom stereocenters. The Balaban J connectivity index is 2.36. The Hall–Kier alpha value is -0.500. The van der Waals surface area contributed by atoms with Gasteiger partial charge in [-0.25, -0.2) is 18.1 Å². The van der Waals surface area contributed by atoms with Gasteiger partial charge in [0.05, 0.1) is 12.3 Å². The van der Waals surface area contributed by atoms with Crippen molar-refractivity contribution in [2.75, 3.05) is 18.8 Å². The van der Waals surface area contributed by atoms with E-state index in [0.717, 1.165) is 16.4 Å². The van der Waals surface area contributed by atoms with Gasteiger partial charge in [0.25, 0.3) is 0 Å². The van der Waals surface area contributed by atoms with Gasteiger partial charge in [-0.15, -0.1) is 11.3 Å². The van der Waals surface area contributed by atoms with E-state index < -0.39 is 10.0 Å². The van der Waals surface area contributed by atoms with Gasteiger partial charge >= 0.3 is 0 Å². The zero-order valence-corrected chi connectivity index (χ0v) is 11.1. The number of sulfonamides is 1. The standard InChI is InChI=1S/C9H17N3O2S2/c1-3-10-4-5-16(13,14)12-7-9-11-6-8(2)15-9/h6,10,12H,3-5,7H2,1-2H3. The first-order chi connectivity index (χ1) is 7.53. The van der Waals surface area contributed by atoms with Crippen LogP contribution in [0.3, 0.4) is 0 Å². The highest BCUT2D eigenvalue weighted by atomic mass is 32.2. The van der Waals surface area contributed by atoms with E-state index in [1.807, 2.05) is 13.8 Å². The molecule has 0 aromatic carbocycles. The van der Waals surface area contributed by atoms with Gasteiger partial charge in [0.2, 0.25) is 10.0 Å². The van der Waals surface area contributed by atoms with Gasteiger partial charge < -0.3 is 5.32 Å². The van der Waals surface area contributed by atoms with Crippen LogP contribution in [0.2, 0.25) is 0 Å². The summed E-state index contributed by atoms with van der Waals surface area (Å²) in [6, 6.07) is 0. The molecule has 0 aliphatic heterocycles. The summed E-state index contributed by atoms with van der Waals surface area (Å²) >= 11 is 1.50. The fraction of sp³-hybridized carbons (Fsp3) is 0.667. The SMILES string of the molecule is CCNCCS(=O)(=O)NCc1ncc(C)s1. The highest BCUT2D eigenvalue weighted by Crippen LogP contribution is 2.10. The fourth-order valence-corrected chi connectivity index (χ4v) is 2.84. The zero-order valence-electron chi connectivity index (χ0n) is 9.49. The molecule has 5 nitrogen and oxygen atoms in total. The highest BCUT2D eigenvalue weighted by molar-refractivity contribution is 7.89. The van der Waals surface area contributed by atoms with Crippen LogP contribution >= 0.6 is 11.3 Å². The molecule has 0 saturated carbocycles. The van der Waals surface area contributed by atoms with Crippen LogP contribution in [-0.4, -0.2) is 32.2 Å². The molecule has 1 heterocycles. The Morgan fingerprint density at radius 2 is 2.25 bits per heavy atom. The predicted octanol–water partition coefficient (Wildman–Crippen LogP) is 0.480. The van der Waals surface area contributed by atoms with Crippen LogP contribution in [0.5, 0.6) is 0 Å². The lowest BCUT2D eigenvalue weighted by atomic mass is 10.6. The maximum absolute atomic E-state index is 11.5. The average Bonchev–Trinajstić information content (AvgIpc) is 2.62. The molecule has 1 aromatic heterocycles. The van der Waals surface area contributed by atoms with Crippen molar-refractivity contribution in [2.24, 2.45) is 0 Å². The van der Waals surface area contributed by atoms with Crippen LogP contribution in [0.25, 0.3) is 0 Å². The zero-order chi connectivity index (χ0) is 12.0. The molecule has 0 atom stereocenters. The van der Waals surface area contributed by atoms with E-state index in [9.17, 15) is 8.42 Å². The minimum atomic E-state index is -3.19. The van der Waals surface area contributed by atoms with Crippen molar-refractivity contribution in [3.8, 4) is 0 Å². The molecule has 0 spiro atoms. The lowest BCUT2D eigenvalue weighted by Crippen LogP contribution is -2.31. The number of hydrogen-bond acceptors (Lipinski definition) is 5. The first-order valence-corrected chi connectivity index (χ1v) is 7.59. The normalized spacial score (nSPS) is 11.9. The Morgan fingerprint density at radius 3 is 2.81 bits per heavy atom. The van der Waals surface area contributed by atoms with Crippen molar-refractivity contribution in [1.82, 2.24) is 15.0 Å². The molecular formula is C9H17N3O2S2. The topological polar surface area (TPSA) is 71.1 Å². The number of nitrogens with one attached hydrogen (secondary N) is 2. The van der Waals surface area contributed by atoms with Gasteiger partial charge in [-0.05, 0) is 13.5 Å².